The highest BCUT2D eigenvalue weighted by Gasteiger charge is 2.19. The Morgan fingerprint density at radius 2 is 1.95 bits per heavy atom. The Bertz CT molecular complexity index is 455. The van der Waals surface area contributed by atoms with E-state index in [2.05, 4.69) is 17.4 Å². The largest absolute Gasteiger partial charge is 0.348 e. The predicted molar refractivity (Wildman–Crippen MR) is 85.2 cm³/mol. The summed E-state index contributed by atoms with van der Waals surface area (Å²) in [5, 5.41) is 3.36. The van der Waals surface area contributed by atoms with E-state index in [0.29, 0.717) is 24.0 Å². The quantitative estimate of drug-likeness (QED) is 0.865. The molecule has 4 heteroatoms. The Kier molecular flexibility index (Phi) is 5.53. The lowest BCUT2D eigenvalue weighted by Gasteiger charge is -2.21. The van der Waals surface area contributed by atoms with Gasteiger partial charge in [-0.2, -0.15) is 0 Å². The van der Waals surface area contributed by atoms with Crippen molar-refractivity contribution < 1.29 is 4.79 Å². The molecule has 1 aliphatic rings. The molecule has 1 aromatic carbocycles. The van der Waals surface area contributed by atoms with Gasteiger partial charge < -0.3 is 10.2 Å². The van der Waals surface area contributed by atoms with Gasteiger partial charge in [-0.25, -0.2) is 0 Å². The van der Waals surface area contributed by atoms with Crippen LogP contribution < -0.4 is 5.32 Å². The fourth-order valence-electron chi connectivity index (χ4n) is 2.67. The van der Waals surface area contributed by atoms with Gasteiger partial charge in [0.15, 0.2) is 5.11 Å². The molecule has 1 aliphatic carbocycles. The second-order valence-electron chi connectivity index (χ2n) is 5.55. The maximum absolute atomic E-state index is 11.9. The predicted octanol–water partition coefficient (Wildman–Crippen LogP) is 3.10. The fraction of sp³-hybridized carbons (Fsp3) is 0.500. The van der Waals surface area contributed by atoms with E-state index >= 15 is 0 Å². The van der Waals surface area contributed by atoms with Crippen molar-refractivity contribution in [3.05, 3.63) is 35.9 Å². The Balaban J connectivity index is 1.77. The standard InChI is InChI=1S/C16H22N2OS/c1-18(12-14-9-3-2-4-10-14)16(20)17-15(19)11-13-7-5-6-8-13/h2-4,9-10,13H,5-8,11-12H2,1H3,(H,17,19,20). The van der Waals surface area contributed by atoms with Crippen molar-refractivity contribution in [2.75, 3.05) is 7.05 Å². The zero-order chi connectivity index (χ0) is 14.4. The smallest absolute Gasteiger partial charge is 0.226 e. The van der Waals surface area contributed by atoms with Crippen molar-refractivity contribution in [3.8, 4) is 0 Å². The summed E-state index contributed by atoms with van der Waals surface area (Å²) in [6, 6.07) is 10.1. The number of nitrogens with one attached hydrogen (secondary N) is 1. The molecule has 0 unspecified atom stereocenters. The molecule has 20 heavy (non-hydrogen) atoms. The molecule has 0 bridgehead atoms. The van der Waals surface area contributed by atoms with E-state index in [1.165, 1.54) is 31.2 Å². The number of amides is 1. The monoisotopic (exact) mass is 290 g/mol. The van der Waals surface area contributed by atoms with Gasteiger partial charge in [-0.3, -0.25) is 4.79 Å². The van der Waals surface area contributed by atoms with Crippen LogP contribution in [0.1, 0.15) is 37.7 Å². The van der Waals surface area contributed by atoms with Gasteiger partial charge in [0.05, 0.1) is 0 Å². The SMILES string of the molecule is CN(Cc1ccccc1)C(=S)NC(=O)CC1CCCC1. The molecule has 0 heterocycles. The molecule has 108 valence electrons. The average molecular weight is 290 g/mol. The van der Waals surface area contributed by atoms with E-state index in [0.717, 1.165) is 0 Å². The Labute approximate surface area is 126 Å². The van der Waals surface area contributed by atoms with Crippen LogP contribution in [0.5, 0.6) is 0 Å². The number of nitrogens with zero attached hydrogens (tertiary/aromatic N) is 1. The van der Waals surface area contributed by atoms with Crippen molar-refractivity contribution in [1.29, 1.82) is 0 Å². The summed E-state index contributed by atoms with van der Waals surface area (Å²) in [5.74, 6) is 0.610. The fourth-order valence-corrected chi connectivity index (χ4v) is 2.85. The molecule has 0 saturated heterocycles. The van der Waals surface area contributed by atoms with Gasteiger partial charge in [0, 0.05) is 20.0 Å². The number of carbonyl (C=O) groups is 1. The second-order valence-corrected chi connectivity index (χ2v) is 5.94. The summed E-state index contributed by atoms with van der Waals surface area (Å²) >= 11 is 5.29. The molecule has 0 aliphatic heterocycles. The van der Waals surface area contributed by atoms with E-state index in [1.54, 1.807) is 0 Å². The summed E-state index contributed by atoms with van der Waals surface area (Å²) in [5.41, 5.74) is 1.18. The third-order valence-corrected chi connectivity index (χ3v) is 4.22. The number of benzene rings is 1. The van der Waals surface area contributed by atoms with Crippen LogP contribution >= 0.6 is 12.2 Å². The normalized spacial score (nSPS) is 15.1. The molecule has 2 rings (SSSR count). The maximum atomic E-state index is 11.9. The zero-order valence-corrected chi connectivity index (χ0v) is 12.8. The third kappa shape index (κ3) is 4.60. The van der Waals surface area contributed by atoms with Gasteiger partial charge >= 0.3 is 0 Å². The van der Waals surface area contributed by atoms with E-state index in [9.17, 15) is 4.79 Å². The van der Waals surface area contributed by atoms with Crippen molar-refractivity contribution >= 4 is 23.2 Å². The average Bonchev–Trinajstić information content (AvgIpc) is 2.92. The van der Waals surface area contributed by atoms with Gasteiger partial charge in [-0.1, -0.05) is 43.2 Å². The van der Waals surface area contributed by atoms with Gasteiger partial charge in [-0.05, 0) is 36.5 Å². The van der Waals surface area contributed by atoms with Crippen LogP contribution in [0.15, 0.2) is 30.3 Å². The van der Waals surface area contributed by atoms with Crippen LogP contribution in [0.3, 0.4) is 0 Å². The first kappa shape index (κ1) is 15.0. The van der Waals surface area contributed by atoms with Gasteiger partial charge in [-0.15, -0.1) is 0 Å². The minimum Gasteiger partial charge on any atom is -0.348 e. The lowest BCUT2D eigenvalue weighted by molar-refractivity contribution is -0.120. The number of rotatable bonds is 4. The molecule has 1 aromatic rings. The van der Waals surface area contributed by atoms with Crippen LogP contribution in [0.4, 0.5) is 0 Å². The van der Waals surface area contributed by atoms with Crippen LogP contribution in [0, 0.1) is 5.92 Å². The number of thiocarbonyl (C=S) groups is 1. The summed E-state index contributed by atoms with van der Waals surface area (Å²) in [4.78, 5) is 13.8. The molecule has 1 saturated carbocycles. The summed E-state index contributed by atoms with van der Waals surface area (Å²) < 4.78 is 0. The van der Waals surface area contributed by atoms with Gasteiger partial charge in [0.25, 0.3) is 0 Å². The topological polar surface area (TPSA) is 32.3 Å². The maximum Gasteiger partial charge on any atom is 0.226 e. The second kappa shape index (κ2) is 7.39. The lowest BCUT2D eigenvalue weighted by Crippen LogP contribution is -2.40. The zero-order valence-electron chi connectivity index (χ0n) is 12.0. The number of carbonyl (C=O) groups excluding carboxylic acids is 1. The van der Waals surface area contributed by atoms with Crippen LogP contribution in [-0.2, 0) is 11.3 Å². The Morgan fingerprint density at radius 1 is 1.30 bits per heavy atom. The molecule has 1 N–H and O–H groups in total. The Hall–Kier alpha value is -1.42. The molecular weight excluding hydrogens is 268 g/mol. The van der Waals surface area contributed by atoms with Crippen molar-refractivity contribution in [3.63, 3.8) is 0 Å². The molecular formula is C16H22N2OS. The molecule has 0 radical (unpaired) electrons. The van der Waals surface area contributed by atoms with Gasteiger partial charge in [0.2, 0.25) is 5.91 Å². The molecule has 1 amide bonds. The minimum absolute atomic E-state index is 0.0572. The molecule has 3 nitrogen and oxygen atoms in total. The summed E-state index contributed by atoms with van der Waals surface area (Å²) in [6.07, 6.45) is 5.49. The number of hydrogen-bond donors (Lipinski definition) is 1. The first-order valence-electron chi connectivity index (χ1n) is 7.24. The summed E-state index contributed by atoms with van der Waals surface area (Å²) in [6.45, 7) is 0.712. The number of hydrogen-bond acceptors (Lipinski definition) is 2. The van der Waals surface area contributed by atoms with Crippen LogP contribution in [0.25, 0.3) is 0 Å². The van der Waals surface area contributed by atoms with Crippen LogP contribution in [-0.4, -0.2) is 23.0 Å². The van der Waals surface area contributed by atoms with E-state index in [4.69, 9.17) is 12.2 Å². The van der Waals surface area contributed by atoms with Crippen molar-refractivity contribution in [2.45, 2.75) is 38.6 Å². The Morgan fingerprint density at radius 3 is 2.60 bits per heavy atom. The molecule has 1 fully saturated rings. The van der Waals surface area contributed by atoms with E-state index in [1.807, 2.05) is 30.1 Å². The van der Waals surface area contributed by atoms with Gasteiger partial charge in [0.1, 0.15) is 0 Å². The molecule has 0 aromatic heterocycles. The molecule has 0 atom stereocenters. The van der Waals surface area contributed by atoms with E-state index in [-0.39, 0.29) is 5.91 Å². The molecule has 0 spiro atoms. The highest BCUT2D eigenvalue weighted by Crippen LogP contribution is 2.27. The third-order valence-electron chi connectivity index (χ3n) is 3.80. The van der Waals surface area contributed by atoms with Crippen LogP contribution in [0.2, 0.25) is 0 Å². The van der Waals surface area contributed by atoms with Crippen molar-refractivity contribution in [2.24, 2.45) is 5.92 Å². The highest BCUT2D eigenvalue weighted by molar-refractivity contribution is 7.80. The first-order chi connectivity index (χ1) is 9.65. The van der Waals surface area contributed by atoms with Crippen molar-refractivity contribution in [1.82, 2.24) is 10.2 Å². The lowest BCUT2D eigenvalue weighted by atomic mass is 10.0. The van der Waals surface area contributed by atoms with E-state index < -0.39 is 0 Å². The minimum atomic E-state index is 0.0572. The first-order valence-corrected chi connectivity index (χ1v) is 7.65. The summed E-state index contributed by atoms with van der Waals surface area (Å²) in [7, 11) is 1.91. The highest BCUT2D eigenvalue weighted by atomic mass is 32.1.